The molecule has 23 heavy (non-hydrogen) atoms. The third-order valence-corrected chi connectivity index (χ3v) is 3.10. The zero-order valence-corrected chi connectivity index (χ0v) is 12.2. The molecule has 0 radical (unpaired) electrons. The van der Waals surface area contributed by atoms with Gasteiger partial charge in [0, 0.05) is 18.9 Å². The van der Waals surface area contributed by atoms with E-state index in [1.54, 1.807) is 0 Å². The molecule has 2 heterocycles. The Morgan fingerprint density at radius 1 is 1.39 bits per heavy atom. The number of carbonyl (C=O) groups is 2. The molecule has 0 aliphatic rings. The van der Waals surface area contributed by atoms with Gasteiger partial charge in [-0.3, -0.25) is 19.3 Å². The molecule has 0 spiro atoms. The average Bonchev–Trinajstić information content (AvgIpc) is 2.74. The van der Waals surface area contributed by atoms with Gasteiger partial charge in [-0.15, -0.1) is 0 Å². The first-order valence-corrected chi connectivity index (χ1v) is 6.36. The topological polar surface area (TPSA) is 103 Å². The Morgan fingerprint density at radius 3 is 2.57 bits per heavy atom. The van der Waals surface area contributed by atoms with Gasteiger partial charge < -0.3 is 11.1 Å². The summed E-state index contributed by atoms with van der Waals surface area (Å²) in [5.41, 5.74) is 3.21. The van der Waals surface area contributed by atoms with Crippen LogP contribution in [-0.2, 0) is 13.2 Å². The van der Waals surface area contributed by atoms with Crippen LogP contribution in [0.4, 0.5) is 18.9 Å². The summed E-state index contributed by atoms with van der Waals surface area (Å²) in [6.45, 7) is 0. The van der Waals surface area contributed by atoms with Crippen molar-refractivity contribution in [3.8, 4) is 0 Å². The zero-order chi connectivity index (χ0) is 17.4. The molecular formula is C12H9ClF3N5O2. The molecule has 3 N–H and O–H groups in total. The van der Waals surface area contributed by atoms with Gasteiger partial charge in [-0.25, -0.2) is 0 Å². The van der Waals surface area contributed by atoms with Gasteiger partial charge >= 0.3 is 6.18 Å². The number of nitrogens with two attached hydrogens (primary N) is 1. The molecule has 0 bridgehead atoms. The van der Waals surface area contributed by atoms with Crippen LogP contribution in [0.1, 0.15) is 26.7 Å². The SMILES string of the molecule is Cn1nc(C(F)(F)F)c(Cl)c1C(=O)Nc1ccnc(C(N)=O)c1. The largest absolute Gasteiger partial charge is 0.436 e. The average molecular weight is 348 g/mol. The predicted molar refractivity (Wildman–Crippen MR) is 73.9 cm³/mol. The summed E-state index contributed by atoms with van der Waals surface area (Å²) in [5.74, 6) is -1.75. The van der Waals surface area contributed by atoms with Gasteiger partial charge in [0.1, 0.15) is 16.4 Å². The van der Waals surface area contributed by atoms with E-state index in [0.29, 0.717) is 0 Å². The number of alkyl halides is 3. The van der Waals surface area contributed by atoms with Crippen molar-refractivity contribution in [2.75, 3.05) is 5.32 Å². The van der Waals surface area contributed by atoms with Crippen molar-refractivity contribution in [2.24, 2.45) is 12.8 Å². The summed E-state index contributed by atoms with van der Waals surface area (Å²) < 4.78 is 38.9. The van der Waals surface area contributed by atoms with Gasteiger partial charge in [0.2, 0.25) is 0 Å². The Kier molecular flexibility index (Phi) is 4.28. The van der Waals surface area contributed by atoms with Crippen molar-refractivity contribution in [3.05, 3.63) is 40.4 Å². The molecule has 2 aromatic heterocycles. The fourth-order valence-corrected chi connectivity index (χ4v) is 2.11. The van der Waals surface area contributed by atoms with Crippen LogP contribution < -0.4 is 11.1 Å². The second-order valence-corrected chi connectivity index (χ2v) is 4.76. The van der Waals surface area contributed by atoms with Gasteiger partial charge in [-0.1, -0.05) is 11.6 Å². The maximum Gasteiger partial charge on any atom is 0.436 e. The number of hydrogen-bond acceptors (Lipinski definition) is 4. The minimum Gasteiger partial charge on any atom is -0.364 e. The normalized spacial score (nSPS) is 11.3. The molecule has 0 saturated carbocycles. The third kappa shape index (κ3) is 3.42. The molecule has 122 valence electrons. The van der Waals surface area contributed by atoms with Crippen molar-refractivity contribution >= 4 is 29.1 Å². The number of carbonyl (C=O) groups excluding carboxylic acids is 2. The van der Waals surface area contributed by atoms with E-state index < -0.39 is 34.4 Å². The molecule has 2 rings (SSSR count). The van der Waals surface area contributed by atoms with Crippen molar-refractivity contribution in [1.29, 1.82) is 0 Å². The van der Waals surface area contributed by atoms with Crippen LogP contribution >= 0.6 is 11.6 Å². The Labute approximate surface area is 132 Å². The highest BCUT2D eigenvalue weighted by Crippen LogP contribution is 2.35. The molecule has 2 amide bonds. The molecule has 0 fully saturated rings. The fraction of sp³-hybridized carbons (Fsp3) is 0.167. The molecule has 2 aromatic rings. The highest BCUT2D eigenvalue weighted by atomic mass is 35.5. The number of nitrogens with one attached hydrogen (secondary N) is 1. The number of pyridine rings is 1. The van der Waals surface area contributed by atoms with Gasteiger partial charge in [0.05, 0.1) is 0 Å². The first-order chi connectivity index (χ1) is 10.6. The van der Waals surface area contributed by atoms with E-state index in [2.05, 4.69) is 15.4 Å². The number of nitrogens with zero attached hydrogens (tertiary/aromatic N) is 3. The minimum absolute atomic E-state index is 0.115. The summed E-state index contributed by atoms with van der Waals surface area (Å²) >= 11 is 5.61. The Bertz CT molecular complexity index is 787. The Hall–Kier alpha value is -2.62. The monoisotopic (exact) mass is 347 g/mol. The first kappa shape index (κ1) is 16.7. The number of amides is 2. The Morgan fingerprint density at radius 2 is 2.04 bits per heavy atom. The van der Waals surface area contributed by atoms with Crippen molar-refractivity contribution in [1.82, 2.24) is 14.8 Å². The second-order valence-electron chi connectivity index (χ2n) is 4.38. The van der Waals surface area contributed by atoms with Crippen LogP contribution in [-0.4, -0.2) is 26.6 Å². The van der Waals surface area contributed by atoms with Crippen molar-refractivity contribution < 1.29 is 22.8 Å². The highest BCUT2D eigenvalue weighted by molar-refractivity contribution is 6.34. The van der Waals surface area contributed by atoms with Crippen LogP contribution in [0.5, 0.6) is 0 Å². The number of primary amides is 1. The maximum atomic E-state index is 12.7. The second kappa shape index (κ2) is 5.88. The zero-order valence-electron chi connectivity index (χ0n) is 11.5. The summed E-state index contributed by atoms with van der Waals surface area (Å²) in [4.78, 5) is 26.8. The van der Waals surface area contributed by atoms with E-state index in [0.717, 1.165) is 11.7 Å². The lowest BCUT2D eigenvalue weighted by Crippen LogP contribution is -2.18. The maximum absolute atomic E-state index is 12.7. The van der Waals surface area contributed by atoms with Crippen molar-refractivity contribution in [2.45, 2.75) is 6.18 Å². The fourth-order valence-electron chi connectivity index (χ4n) is 1.76. The lowest BCUT2D eigenvalue weighted by molar-refractivity contribution is -0.141. The van der Waals surface area contributed by atoms with E-state index in [1.807, 2.05) is 0 Å². The first-order valence-electron chi connectivity index (χ1n) is 5.98. The molecule has 0 aliphatic heterocycles. The lowest BCUT2D eigenvalue weighted by Gasteiger charge is -2.06. The van der Waals surface area contributed by atoms with Crippen LogP contribution in [0, 0.1) is 0 Å². The van der Waals surface area contributed by atoms with Crippen LogP contribution in [0.15, 0.2) is 18.3 Å². The van der Waals surface area contributed by atoms with E-state index >= 15 is 0 Å². The number of aromatic nitrogens is 3. The van der Waals surface area contributed by atoms with Gasteiger partial charge in [-0.2, -0.15) is 18.3 Å². The summed E-state index contributed by atoms with van der Waals surface area (Å²) in [7, 11) is 1.15. The standard InChI is InChI=1S/C12H9ClF3N5O2/c1-21-8(7(13)9(20-21)12(14,15)16)11(23)19-5-2-3-18-6(4-5)10(17)22/h2-4H,1H3,(H2,17,22)(H,18,19,23). The predicted octanol–water partition coefficient (Wildman–Crippen LogP) is 1.84. The van der Waals surface area contributed by atoms with E-state index in [-0.39, 0.29) is 11.4 Å². The van der Waals surface area contributed by atoms with Gasteiger partial charge in [0.15, 0.2) is 5.69 Å². The number of hydrogen-bond donors (Lipinski definition) is 2. The summed E-state index contributed by atoms with van der Waals surface area (Å²) in [6, 6.07) is 2.51. The number of aryl methyl sites for hydroxylation is 1. The number of rotatable bonds is 3. The molecule has 0 aromatic carbocycles. The summed E-state index contributed by atoms with van der Waals surface area (Å²) in [5, 5.41) is 4.69. The molecule has 11 heteroatoms. The molecule has 7 nitrogen and oxygen atoms in total. The molecule has 0 unspecified atom stereocenters. The molecular weight excluding hydrogens is 339 g/mol. The summed E-state index contributed by atoms with van der Waals surface area (Å²) in [6.07, 6.45) is -3.58. The number of halogens is 4. The number of anilines is 1. The molecule has 0 aliphatic carbocycles. The lowest BCUT2D eigenvalue weighted by atomic mass is 10.2. The molecule has 0 atom stereocenters. The Balaban J connectivity index is 2.34. The highest BCUT2D eigenvalue weighted by Gasteiger charge is 2.39. The van der Waals surface area contributed by atoms with Gasteiger partial charge in [-0.05, 0) is 12.1 Å². The van der Waals surface area contributed by atoms with Crippen LogP contribution in [0.3, 0.4) is 0 Å². The van der Waals surface area contributed by atoms with Crippen LogP contribution in [0.2, 0.25) is 5.02 Å². The van der Waals surface area contributed by atoms with E-state index in [1.165, 1.54) is 18.3 Å². The quantitative estimate of drug-likeness (QED) is 0.884. The van der Waals surface area contributed by atoms with Crippen molar-refractivity contribution in [3.63, 3.8) is 0 Å². The van der Waals surface area contributed by atoms with Gasteiger partial charge in [0.25, 0.3) is 11.8 Å². The van der Waals surface area contributed by atoms with E-state index in [9.17, 15) is 22.8 Å². The molecule has 0 saturated heterocycles. The third-order valence-electron chi connectivity index (χ3n) is 2.74. The van der Waals surface area contributed by atoms with E-state index in [4.69, 9.17) is 17.3 Å². The smallest absolute Gasteiger partial charge is 0.364 e. The minimum atomic E-state index is -4.79. The van der Waals surface area contributed by atoms with Crippen LogP contribution in [0.25, 0.3) is 0 Å².